The van der Waals surface area contributed by atoms with E-state index in [2.05, 4.69) is 10.2 Å². The summed E-state index contributed by atoms with van der Waals surface area (Å²) >= 11 is 0. The second kappa shape index (κ2) is 10.0. The standard InChI is InChI=1S/C21H30F2N2O3/c1-4-14(13-26)11-19(27)18-12-16(20(28-3)25-24-18)8-5-15-6-9-17(10-7-15)21(2,22)23/h5,8,12,14-15,17,26H,4,6-7,9-11,13H2,1-3H3/b8-5+/t14-,15?,17?/m0/s1. The van der Waals surface area contributed by atoms with E-state index in [9.17, 15) is 18.7 Å². The summed E-state index contributed by atoms with van der Waals surface area (Å²) < 4.78 is 32.1. The van der Waals surface area contributed by atoms with Crippen molar-refractivity contribution >= 4 is 11.9 Å². The molecule has 0 aromatic carbocycles. The lowest BCUT2D eigenvalue weighted by molar-refractivity contribution is -0.0558. The molecule has 1 atom stereocenters. The summed E-state index contributed by atoms with van der Waals surface area (Å²) in [4.78, 5) is 12.4. The Morgan fingerprint density at radius 2 is 2.04 bits per heavy atom. The van der Waals surface area contributed by atoms with Crippen molar-refractivity contribution in [2.24, 2.45) is 17.8 Å². The first-order valence-electron chi connectivity index (χ1n) is 9.90. The van der Waals surface area contributed by atoms with Crippen LogP contribution in [0.3, 0.4) is 0 Å². The van der Waals surface area contributed by atoms with Crippen LogP contribution in [-0.2, 0) is 0 Å². The quantitative estimate of drug-likeness (QED) is 0.620. The van der Waals surface area contributed by atoms with Crippen molar-refractivity contribution in [1.82, 2.24) is 10.2 Å². The first-order valence-corrected chi connectivity index (χ1v) is 9.90. The Morgan fingerprint density at radius 1 is 1.36 bits per heavy atom. The average molecular weight is 396 g/mol. The van der Waals surface area contributed by atoms with Crippen LogP contribution >= 0.6 is 0 Å². The highest BCUT2D eigenvalue weighted by Crippen LogP contribution is 2.39. The van der Waals surface area contributed by atoms with E-state index in [4.69, 9.17) is 4.74 Å². The maximum Gasteiger partial charge on any atom is 0.248 e. The fourth-order valence-electron chi connectivity index (χ4n) is 3.57. The summed E-state index contributed by atoms with van der Waals surface area (Å²) in [5.41, 5.74) is 0.877. The van der Waals surface area contributed by atoms with Crippen LogP contribution in [0.15, 0.2) is 12.1 Å². The highest BCUT2D eigenvalue weighted by atomic mass is 19.3. The molecule has 1 aliphatic carbocycles. The first kappa shape index (κ1) is 22.4. The zero-order valence-electron chi connectivity index (χ0n) is 16.8. The number of aliphatic hydroxyl groups excluding tert-OH is 1. The minimum atomic E-state index is -2.62. The van der Waals surface area contributed by atoms with Gasteiger partial charge in [0.2, 0.25) is 11.8 Å². The van der Waals surface area contributed by atoms with Crippen LogP contribution in [0.1, 0.15) is 68.4 Å². The molecule has 7 heteroatoms. The van der Waals surface area contributed by atoms with Gasteiger partial charge < -0.3 is 9.84 Å². The number of carbonyl (C=O) groups is 1. The minimum Gasteiger partial charge on any atom is -0.479 e. The van der Waals surface area contributed by atoms with Crippen molar-refractivity contribution in [3.63, 3.8) is 0 Å². The Morgan fingerprint density at radius 3 is 2.57 bits per heavy atom. The minimum absolute atomic E-state index is 0.0436. The van der Waals surface area contributed by atoms with Gasteiger partial charge in [0.25, 0.3) is 0 Å². The van der Waals surface area contributed by atoms with Crippen LogP contribution in [-0.4, -0.2) is 40.7 Å². The van der Waals surface area contributed by atoms with E-state index in [1.54, 1.807) is 6.07 Å². The highest BCUT2D eigenvalue weighted by Gasteiger charge is 2.36. The average Bonchev–Trinajstić information content (AvgIpc) is 2.69. The van der Waals surface area contributed by atoms with Gasteiger partial charge in [0, 0.05) is 24.5 Å². The number of hydrogen-bond acceptors (Lipinski definition) is 5. The number of rotatable bonds is 9. The van der Waals surface area contributed by atoms with Crippen molar-refractivity contribution in [2.45, 2.75) is 58.3 Å². The molecule has 1 fully saturated rings. The van der Waals surface area contributed by atoms with E-state index < -0.39 is 11.8 Å². The lowest BCUT2D eigenvalue weighted by Crippen LogP contribution is -2.28. The van der Waals surface area contributed by atoms with E-state index in [1.807, 2.05) is 19.1 Å². The Bertz CT molecular complexity index is 677. The monoisotopic (exact) mass is 396 g/mol. The lowest BCUT2D eigenvalue weighted by atomic mass is 9.79. The number of carbonyl (C=O) groups excluding carboxylic acids is 1. The fourth-order valence-corrected chi connectivity index (χ4v) is 3.57. The van der Waals surface area contributed by atoms with Crippen molar-refractivity contribution in [2.75, 3.05) is 13.7 Å². The van der Waals surface area contributed by atoms with Crippen LogP contribution < -0.4 is 4.74 Å². The molecule has 2 rings (SSSR count). The maximum absolute atomic E-state index is 13.4. The number of allylic oxidation sites excluding steroid dienone is 1. The number of ketones is 1. The van der Waals surface area contributed by atoms with Gasteiger partial charge in [0.1, 0.15) is 5.69 Å². The highest BCUT2D eigenvalue weighted by molar-refractivity contribution is 5.94. The number of hydrogen-bond donors (Lipinski definition) is 1. The van der Waals surface area contributed by atoms with Gasteiger partial charge in [-0.2, -0.15) is 0 Å². The molecule has 0 unspecified atom stereocenters. The molecule has 1 heterocycles. The molecule has 0 aliphatic heterocycles. The largest absolute Gasteiger partial charge is 0.479 e. The number of methoxy groups -OCH3 is 1. The van der Waals surface area contributed by atoms with E-state index in [0.29, 0.717) is 43.5 Å². The first-order chi connectivity index (χ1) is 13.3. The molecule has 1 aromatic heterocycles. The molecule has 0 saturated heterocycles. The molecule has 1 saturated carbocycles. The van der Waals surface area contributed by atoms with Crippen molar-refractivity contribution in [3.8, 4) is 5.88 Å². The van der Waals surface area contributed by atoms with Gasteiger partial charge in [-0.1, -0.05) is 25.5 Å². The maximum atomic E-state index is 13.4. The molecule has 0 amide bonds. The zero-order chi connectivity index (χ0) is 20.7. The van der Waals surface area contributed by atoms with Crippen LogP contribution in [0.25, 0.3) is 6.08 Å². The van der Waals surface area contributed by atoms with Gasteiger partial charge >= 0.3 is 0 Å². The van der Waals surface area contributed by atoms with E-state index >= 15 is 0 Å². The molecule has 0 bridgehead atoms. The molecule has 1 N–H and O–H groups in total. The topological polar surface area (TPSA) is 72.3 Å². The number of Topliss-reactive ketones (excluding diaryl/α,β-unsaturated/α-hetero) is 1. The van der Waals surface area contributed by atoms with Crippen LogP contribution in [0, 0.1) is 17.8 Å². The number of aliphatic hydroxyl groups is 1. The molecular formula is C21H30F2N2O3. The normalized spacial score (nSPS) is 21.6. The summed E-state index contributed by atoms with van der Waals surface area (Å²) in [6.07, 6.45) is 7.19. The summed E-state index contributed by atoms with van der Waals surface area (Å²) in [6.45, 7) is 2.88. The Hall–Kier alpha value is -1.89. The lowest BCUT2D eigenvalue weighted by Gasteiger charge is -2.30. The number of halogens is 2. The third-order valence-electron chi connectivity index (χ3n) is 5.61. The molecule has 28 heavy (non-hydrogen) atoms. The number of ether oxygens (including phenoxy) is 1. The van der Waals surface area contributed by atoms with Gasteiger partial charge in [-0.05, 0) is 50.5 Å². The van der Waals surface area contributed by atoms with E-state index in [0.717, 1.165) is 6.92 Å². The number of alkyl halides is 2. The predicted octanol–water partition coefficient (Wildman–Crippen LogP) is 4.55. The SMILES string of the molecule is CC[C@H](CO)CC(=O)c1cc(/C=C/C2CCC(C(C)(F)F)CC2)c(OC)nn1. The molecule has 156 valence electrons. The molecule has 0 spiro atoms. The third kappa shape index (κ3) is 6.06. The number of nitrogens with zero attached hydrogens (tertiary/aromatic N) is 2. The second-order valence-electron chi connectivity index (χ2n) is 7.71. The smallest absolute Gasteiger partial charge is 0.248 e. The molecule has 5 nitrogen and oxygen atoms in total. The van der Waals surface area contributed by atoms with Crippen LogP contribution in [0.2, 0.25) is 0 Å². The summed E-state index contributed by atoms with van der Waals surface area (Å²) in [5, 5.41) is 17.2. The van der Waals surface area contributed by atoms with Crippen molar-refractivity contribution < 1.29 is 23.4 Å². The van der Waals surface area contributed by atoms with Crippen molar-refractivity contribution in [1.29, 1.82) is 0 Å². The van der Waals surface area contributed by atoms with E-state index in [1.165, 1.54) is 7.11 Å². The van der Waals surface area contributed by atoms with Crippen LogP contribution in [0.5, 0.6) is 5.88 Å². The molecule has 1 aliphatic rings. The van der Waals surface area contributed by atoms with Gasteiger partial charge in [0.15, 0.2) is 5.78 Å². The molecular weight excluding hydrogens is 366 g/mol. The molecule has 1 aromatic rings. The zero-order valence-corrected chi connectivity index (χ0v) is 16.8. The van der Waals surface area contributed by atoms with Crippen LogP contribution in [0.4, 0.5) is 8.78 Å². The van der Waals surface area contributed by atoms with Gasteiger partial charge in [-0.3, -0.25) is 4.79 Å². The third-order valence-corrected chi connectivity index (χ3v) is 5.61. The van der Waals surface area contributed by atoms with E-state index in [-0.39, 0.29) is 36.3 Å². The number of aromatic nitrogens is 2. The van der Waals surface area contributed by atoms with Gasteiger partial charge in [0.05, 0.1) is 7.11 Å². The fraction of sp³-hybridized carbons (Fsp3) is 0.667. The summed E-state index contributed by atoms with van der Waals surface area (Å²) in [5.74, 6) is -2.90. The Balaban J connectivity index is 2.08. The summed E-state index contributed by atoms with van der Waals surface area (Å²) in [7, 11) is 1.48. The van der Waals surface area contributed by atoms with Crippen molar-refractivity contribution in [3.05, 3.63) is 23.4 Å². The molecule has 0 radical (unpaired) electrons. The van der Waals surface area contributed by atoms with Gasteiger partial charge in [-0.15, -0.1) is 10.2 Å². The van der Waals surface area contributed by atoms with Gasteiger partial charge in [-0.25, -0.2) is 8.78 Å². The summed E-state index contributed by atoms with van der Waals surface area (Å²) in [6, 6.07) is 1.64. The predicted molar refractivity (Wildman–Crippen MR) is 104 cm³/mol. The Labute approximate surface area is 165 Å². The Kier molecular flexibility index (Phi) is 8.04. The second-order valence-corrected chi connectivity index (χ2v) is 7.71.